The van der Waals surface area contributed by atoms with Gasteiger partial charge in [-0.2, -0.15) is 9.83 Å². The van der Waals surface area contributed by atoms with Crippen LogP contribution in [0.5, 0.6) is 0 Å². The average molecular weight is 413 g/mol. The molecule has 1 atom stereocenters. The SMILES string of the molecule is O=C(OCC(=O)N1N=C(c2cccs2)C[C@H]1c1cccs1)c1cccc[n+]1[O-]. The number of hydrogen-bond acceptors (Lipinski definition) is 7. The monoisotopic (exact) mass is 413 g/mol. The van der Waals surface area contributed by atoms with Crippen LogP contribution in [0.15, 0.2) is 64.5 Å². The number of pyridine rings is 1. The number of aromatic nitrogens is 1. The molecule has 28 heavy (non-hydrogen) atoms. The standard InChI is InChI=1S/C19H15N3O4S2/c23-18(12-26-19(24)14-5-1-2-8-21(14)25)22-15(17-7-4-10-28-17)11-13(20-22)16-6-3-9-27-16/h1-10,15H,11-12H2/t15-/m0/s1. The topological polar surface area (TPSA) is 85.9 Å². The van der Waals surface area contributed by atoms with Gasteiger partial charge < -0.3 is 9.94 Å². The van der Waals surface area contributed by atoms with Crippen molar-refractivity contribution in [1.82, 2.24) is 5.01 Å². The lowest BCUT2D eigenvalue weighted by Gasteiger charge is -2.20. The molecule has 1 amide bonds. The van der Waals surface area contributed by atoms with Crippen LogP contribution < -0.4 is 4.73 Å². The maximum Gasteiger partial charge on any atom is 0.405 e. The first kappa shape index (κ1) is 18.3. The van der Waals surface area contributed by atoms with Gasteiger partial charge in [0.1, 0.15) is 0 Å². The smallest absolute Gasteiger partial charge is 0.405 e. The minimum Gasteiger partial charge on any atom is -0.618 e. The van der Waals surface area contributed by atoms with E-state index in [0.717, 1.165) is 15.5 Å². The van der Waals surface area contributed by atoms with Gasteiger partial charge in [0, 0.05) is 23.4 Å². The van der Waals surface area contributed by atoms with Crippen molar-refractivity contribution in [3.8, 4) is 0 Å². The molecule has 0 N–H and O–H groups in total. The van der Waals surface area contributed by atoms with Crippen molar-refractivity contribution in [2.24, 2.45) is 5.10 Å². The Balaban J connectivity index is 1.50. The average Bonchev–Trinajstić information content (AvgIpc) is 3.46. The number of rotatable bonds is 5. The number of thiophene rings is 2. The highest BCUT2D eigenvalue weighted by atomic mass is 32.1. The summed E-state index contributed by atoms with van der Waals surface area (Å²) in [5.41, 5.74) is 0.655. The molecule has 3 aromatic rings. The number of ether oxygens (including phenoxy) is 1. The van der Waals surface area contributed by atoms with Crippen molar-refractivity contribution in [3.63, 3.8) is 0 Å². The fraction of sp³-hybridized carbons (Fsp3) is 0.158. The second-order valence-electron chi connectivity index (χ2n) is 5.99. The first-order valence-corrected chi connectivity index (χ1v) is 10.2. The number of esters is 1. The van der Waals surface area contributed by atoms with Gasteiger partial charge in [-0.3, -0.25) is 4.79 Å². The van der Waals surface area contributed by atoms with E-state index in [4.69, 9.17) is 4.74 Å². The summed E-state index contributed by atoms with van der Waals surface area (Å²) in [6.07, 6.45) is 1.79. The Hall–Kier alpha value is -3.04. The summed E-state index contributed by atoms with van der Waals surface area (Å²) in [4.78, 5) is 26.9. The Morgan fingerprint density at radius 3 is 2.71 bits per heavy atom. The van der Waals surface area contributed by atoms with Gasteiger partial charge >= 0.3 is 11.7 Å². The summed E-state index contributed by atoms with van der Waals surface area (Å²) in [6.45, 7) is -0.489. The summed E-state index contributed by atoms with van der Waals surface area (Å²) in [5, 5.41) is 21.4. The van der Waals surface area contributed by atoms with Gasteiger partial charge in [0.15, 0.2) is 12.8 Å². The predicted molar refractivity (Wildman–Crippen MR) is 105 cm³/mol. The van der Waals surface area contributed by atoms with E-state index in [1.807, 2.05) is 35.0 Å². The lowest BCUT2D eigenvalue weighted by molar-refractivity contribution is -0.608. The van der Waals surface area contributed by atoms with E-state index in [1.165, 1.54) is 23.3 Å². The van der Waals surface area contributed by atoms with Crippen LogP contribution in [0.3, 0.4) is 0 Å². The Morgan fingerprint density at radius 1 is 1.18 bits per heavy atom. The number of amides is 1. The molecule has 0 aliphatic carbocycles. The highest BCUT2D eigenvalue weighted by molar-refractivity contribution is 7.12. The summed E-state index contributed by atoms with van der Waals surface area (Å²) >= 11 is 3.11. The van der Waals surface area contributed by atoms with Crippen molar-refractivity contribution in [3.05, 3.63) is 80.1 Å². The molecule has 142 valence electrons. The van der Waals surface area contributed by atoms with E-state index < -0.39 is 18.5 Å². The molecule has 0 fully saturated rings. The van der Waals surface area contributed by atoms with Crippen LogP contribution in [0, 0.1) is 5.21 Å². The van der Waals surface area contributed by atoms with Gasteiger partial charge in [0.2, 0.25) is 0 Å². The Labute approximate surface area is 168 Å². The second kappa shape index (κ2) is 7.91. The van der Waals surface area contributed by atoms with Crippen LogP contribution in [0.1, 0.15) is 32.7 Å². The highest BCUT2D eigenvalue weighted by Crippen LogP contribution is 2.35. The molecule has 7 nitrogen and oxygen atoms in total. The van der Waals surface area contributed by atoms with Gasteiger partial charge in [-0.25, -0.2) is 9.80 Å². The molecule has 0 unspecified atom stereocenters. The van der Waals surface area contributed by atoms with Crippen molar-refractivity contribution < 1.29 is 19.1 Å². The van der Waals surface area contributed by atoms with Gasteiger partial charge in [-0.05, 0) is 29.0 Å². The summed E-state index contributed by atoms with van der Waals surface area (Å²) in [7, 11) is 0. The minimum absolute atomic E-state index is 0.172. The van der Waals surface area contributed by atoms with Crippen LogP contribution in [0.4, 0.5) is 0 Å². The quantitative estimate of drug-likeness (QED) is 0.366. The molecule has 0 aromatic carbocycles. The molecule has 1 aliphatic rings. The van der Waals surface area contributed by atoms with E-state index in [1.54, 1.807) is 28.7 Å². The zero-order valence-electron chi connectivity index (χ0n) is 14.6. The van der Waals surface area contributed by atoms with Crippen molar-refractivity contribution in [2.75, 3.05) is 6.61 Å². The van der Waals surface area contributed by atoms with Crippen LogP contribution in [-0.2, 0) is 9.53 Å². The fourth-order valence-corrected chi connectivity index (χ4v) is 4.42. The van der Waals surface area contributed by atoms with Gasteiger partial charge in [0.25, 0.3) is 5.91 Å². The zero-order chi connectivity index (χ0) is 19.5. The number of hydrogen-bond donors (Lipinski definition) is 0. The van der Waals surface area contributed by atoms with E-state index in [9.17, 15) is 14.8 Å². The third kappa shape index (κ3) is 3.67. The van der Waals surface area contributed by atoms with Crippen molar-refractivity contribution in [2.45, 2.75) is 12.5 Å². The number of carbonyl (C=O) groups is 2. The van der Waals surface area contributed by atoms with Crippen LogP contribution in [-0.4, -0.2) is 29.2 Å². The molecule has 0 radical (unpaired) electrons. The first-order valence-electron chi connectivity index (χ1n) is 8.45. The molecule has 0 bridgehead atoms. The summed E-state index contributed by atoms with van der Waals surface area (Å²) < 4.78 is 5.47. The molecular formula is C19H15N3O4S2. The normalized spacial score (nSPS) is 16.1. The maximum absolute atomic E-state index is 12.8. The molecule has 0 saturated carbocycles. The van der Waals surface area contributed by atoms with Gasteiger partial charge in [-0.15, -0.1) is 22.7 Å². The first-order chi connectivity index (χ1) is 13.6. The number of hydrazone groups is 1. The molecule has 1 aliphatic heterocycles. The third-order valence-electron chi connectivity index (χ3n) is 4.20. The lowest BCUT2D eigenvalue weighted by atomic mass is 10.1. The summed E-state index contributed by atoms with van der Waals surface area (Å²) in [6, 6.07) is 12.0. The summed E-state index contributed by atoms with van der Waals surface area (Å²) in [5.74, 6) is -1.29. The molecule has 4 rings (SSSR count). The predicted octanol–water partition coefficient (Wildman–Crippen LogP) is 2.98. The molecule has 9 heteroatoms. The maximum atomic E-state index is 12.8. The van der Waals surface area contributed by atoms with E-state index in [-0.39, 0.29) is 11.7 Å². The number of nitrogens with zero attached hydrogens (tertiary/aromatic N) is 3. The molecule has 4 heterocycles. The van der Waals surface area contributed by atoms with Crippen molar-refractivity contribution in [1.29, 1.82) is 0 Å². The molecular weight excluding hydrogens is 398 g/mol. The van der Waals surface area contributed by atoms with Gasteiger partial charge in [-0.1, -0.05) is 12.1 Å². The van der Waals surface area contributed by atoms with E-state index >= 15 is 0 Å². The van der Waals surface area contributed by atoms with Gasteiger partial charge in [0.05, 0.1) is 16.6 Å². The largest absolute Gasteiger partial charge is 0.618 e. The van der Waals surface area contributed by atoms with E-state index in [0.29, 0.717) is 11.2 Å². The Morgan fingerprint density at radius 2 is 2.00 bits per heavy atom. The lowest BCUT2D eigenvalue weighted by Crippen LogP contribution is -2.36. The highest BCUT2D eigenvalue weighted by Gasteiger charge is 2.34. The second-order valence-corrected chi connectivity index (χ2v) is 7.91. The molecule has 3 aromatic heterocycles. The minimum atomic E-state index is -0.849. The number of carbonyl (C=O) groups excluding carboxylic acids is 2. The van der Waals surface area contributed by atoms with Crippen molar-refractivity contribution >= 4 is 40.3 Å². The van der Waals surface area contributed by atoms with E-state index in [2.05, 4.69) is 5.10 Å². The zero-order valence-corrected chi connectivity index (χ0v) is 16.2. The van der Waals surface area contributed by atoms with Crippen LogP contribution >= 0.6 is 22.7 Å². The third-order valence-corrected chi connectivity index (χ3v) is 6.10. The molecule has 0 saturated heterocycles. The Kier molecular flexibility index (Phi) is 5.18. The fourth-order valence-electron chi connectivity index (χ4n) is 2.89. The van der Waals surface area contributed by atoms with Crippen LogP contribution in [0.2, 0.25) is 0 Å². The Bertz CT molecular complexity index is 1020. The van der Waals surface area contributed by atoms with Crippen LogP contribution in [0.25, 0.3) is 0 Å². The molecule has 0 spiro atoms.